The Morgan fingerprint density at radius 2 is 1.92 bits per heavy atom. The van der Waals surface area contributed by atoms with Gasteiger partial charge in [0.15, 0.2) is 17.2 Å². The minimum absolute atomic E-state index is 0.0257. The number of carbonyl (C=O) groups is 1. The molecule has 8 nitrogen and oxygen atoms in total. The minimum Gasteiger partial charge on any atom is -0.490 e. The molecule has 3 aromatic rings. The zero-order valence-electron chi connectivity index (χ0n) is 19.9. The number of hydrogen-bond donors (Lipinski definition) is 0. The highest BCUT2D eigenvalue weighted by Crippen LogP contribution is 2.38. The lowest BCUT2D eigenvalue weighted by Gasteiger charge is -2.15. The summed E-state index contributed by atoms with van der Waals surface area (Å²) in [6.07, 6.45) is 1.53. The molecule has 36 heavy (non-hydrogen) atoms. The topological polar surface area (TPSA) is 100 Å². The van der Waals surface area contributed by atoms with Crippen molar-refractivity contribution >= 4 is 35.2 Å². The van der Waals surface area contributed by atoms with E-state index >= 15 is 0 Å². The molecule has 0 saturated heterocycles. The summed E-state index contributed by atoms with van der Waals surface area (Å²) in [5.74, 6) is 0.265. The first-order chi connectivity index (χ1) is 17.2. The maximum absolute atomic E-state index is 12.5. The van der Waals surface area contributed by atoms with Gasteiger partial charge < -0.3 is 14.2 Å². The Bertz CT molecular complexity index is 1410. The summed E-state index contributed by atoms with van der Waals surface area (Å²) >= 11 is 6.53. The molecule has 0 unspecified atom stereocenters. The quantitative estimate of drug-likeness (QED) is 0.156. The molecule has 3 aromatic carbocycles. The number of aliphatic imine (C=N–C) groups is 1. The summed E-state index contributed by atoms with van der Waals surface area (Å²) < 4.78 is 17.0. The first kappa shape index (κ1) is 24.9. The van der Waals surface area contributed by atoms with E-state index in [1.165, 1.54) is 18.2 Å². The fourth-order valence-electron chi connectivity index (χ4n) is 3.72. The number of cyclic esters (lactones) is 1. The maximum Gasteiger partial charge on any atom is 0.363 e. The number of carbonyl (C=O) groups excluding carboxylic acids is 1. The van der Waals surface area contributed by atoms with E-state index in [9.17, 15) is 14.9 Å². The number of halogens is 1. The minimum atomic E-state index is -0.644. The summed E-state index contributed by atoms with van der Waals surface area (Å²) in [6.45, 7) is 6.17. The lowest BCUT2D eigenvalue weighted by molar-refractivity contribution is -0.385. The second kappa shape index (κ2) is 10.6. The van der Waals surface area contributed by atoms with E-state index in [1.807, 2.05) is 38.1 Å². The van der Waals surface area contributed by atoms with Gasteiger partial charge in [0, 0.05) is 17.2 Å². The zero-order valence-corrected chi connectivity index (χ0v) is 20.7. The third kappa shape index (κ3) is 5.55. The Morgan fingerprint density at radius 1 is 1.11 bits per heavy atom. The Morgan fingerprint density at radius 3 is 2.61 bits per heavy atom. The molecule has 0 amide bonds. The molecule has 0 atom stereocenters. The number of esters is 1. The van der Waals surface area contributed by atoms with Gasteiger partial charge in [-0.3, -0.25) is 10.1 Å². The van der Waals surface area contributed by atoms with Crippen LogP contribution in [0.25, 0.3) is 6.08 Å². The van der Waals surface area contributed by atoms with E-state index in [-0.39, 0.29) is 17.3 Å². The monoisotopic (exact) mass is 506 g/mol. The lowest BCUT2D eigenvalue weighted by atomic mass is 10.1. The van der Waals surface area contributed by atoms with Crippen LogP contribution in [0.1, 0.15) is 34.7 Å². The number of aryl methyl sites for hydroxylation is 2. The molecule has 0 spiro atoms. The van der Waals surface area contributed by atoms with Crippen LogP contribution >= 0.6 is 11.6 Å². The molecular weight excluding hydrogens is 484 g/mol. The van der Waals surface area contributed by atoms with Crippen LogP contribution in [0, 0.1) is 24.0 Å². The summed E-state index contributed by atoms with van der Waals surface area (Å²) in [6, 6.07) is 15.7. The van der Waals surface area contributed by atoms with Gasteiger partial charge in [-0.25, -0.2) is 9.79 Å². The Balaban J connectivity index is 1.61. The molecule has 9 heteroatoms. The van der Waals surface area contributed by atoms with Gasteiger partial charge >= 0.3 is 5.97 Å². The van der Waals surface area contributed by atoms with Crippen LogP contribution in [0.5, 0.6) is 11.5 Å². The predicted octanol–water partition coefficient (Wildman–Crippen LogP) is 6.19. The zero-order chi connectivity index (χ0) is 25.8. The molecule has 0 bridgehead atoms. The highest BCUT2D eigenvalue weighted by molar-refractivity contribution is 6.32. The molecule has 0 radical (unpaired) electrons. The van der Waals surface area contributed by atoms with Crippen molar-refractivity contribution in [2.45, 2.75) is 27.4 Å². The van der Waals surface area contributed by atoms with Crippen molar-refractivity contribution in [1.82, 2.24) is 0 Å². The van der Waals surface area contributed by atoms with E-state index in [0.29, 0.717) is 46.4 Å². The van der Waals surface area contributed by atoms with Crippen LogP contribution < -0.4 is 9.47 Å². The Kier molecular flexibility index (Phi) is 7.36. The molecule has 0 aliphatic carbocycles. The van der Waals surface area contributed by atoms with Crippen molar-refractivity contribution in [1.29, 1.82) is 0 Å². The van der Waals surface area contributed by atoms with E-state index < -0.39 is 10.9 Å². The normalized spacial score (nSPS) is 13.9. The number of nitro benzene ring substituents is 1. The van der Waals surface area contributed by atoms with Gasteiger partial charge in [-0.15, -0.1) is 0 Å². The predicted molar refractivity (Wildman–Crippen MR) is 137 cm³/mol. The molecule has 4 rings (SSSR count). The van der Waals surface area contributed by atoms with Gasteiger partial charge in [0.05, 0.1) is 16.6 Å². The standard InChI is InChI=1S/C27H23ClN2O6/c1-4-34-24-14-19(12-21(28)25(24)35-15-18-7-5-6-16(2)10-18)13-22-27(31)36-26(29-22)20-8-9-23(30(32)33)17(3)11-20/h5-14H,4,15H2,1-3H3/b22-13-. The van der Waals surface area contributed by atoms with Crippen LogP contribution in [0.15, 0.2) is 65.3 Å². The van der Waals surface area contributed by atoms with E-state index in [0.717, 1.165) is 11.1 Å². The number of nitro groups is 1. The Labute approximate surface area is 212 Å². The van der Waals surface area contributed by atoms with E-state index in [1.54, 1.807) is 25.1 Å². The lowest BCUT2D eigenvalue weighted by Crippen LogP contribution is -2.06. The van der Waals surface area contributed by atoms with Crippen molar-refractivity contribution in [2.75, 3.05) is 6.61 Å². The second-order valence-corrected chi connectivity index (χ2v) is 8.54. The molecule has 1 aliphatic rings. The summed E-state index contributed by atoms with van der Waals surface area (Å²) in [5.41, 5.74) is 3.63. The highest BCUT2D eigenvalue weighted by Gasteiger charge is 2.26. The molecule has 0 aromatic heterocycles. The highest BCUT2D eigenvalue weighted by atomic mass is 35.5. The third-order valence-corrected chi connectivity index (χ3v) is 5.64. The fourth-order valence-corrected chi connectivity index (χ4v) is 3.99. The van der Waals surface area contributed by atoms with Gasteiger partial charge in [-0.1, -0.05) is 41.4 Å². The molecule has 0 N–H and O–H groups in total. The number of ether oxygens (including phenoxy) is 3. The van der Waals surface area contributed by atoms with Crippen LogP contribution in [-0.2, 0) is 16.1 Å². The number of nitrogens with zero attached hydrogens (tertiary/aromatic N) is 2. The van der Waals surface area contributed by atoms with Crippen molar-refractivity contribution in [3.63, 3.8) is 0 Å². The third-order valence-electron chi connectivity index (χ3n) is 5.36. The van der Waals surface area contributed by atoms with E-state index in [4.69, 9.17) is 25.8 Å². The van der Waals surface area contributed by atoms with Gasteiger partial charge in [0.25, 0.3) is 5.69 Å². The van der Waals surface area contributed by atoms with Gasteiger partial charge in [-0.05, 0) is 62.2 Å². The number of rotatable bonds is 8. The van der Waals surface area contributed by atoms with Crippen molar-refractivity contribution < 1.29 is 23.9 Å². The second-order valence-electron chi connectivity index (χ2n) is 8.14. The summed E-state index contributed by atoms with van der Waals surface area (Å²) in [7, 11) is 0. The van der Waals surface area contributed by atoms with Crippen LogP contribution in [0.2, 0.25) is 5.02 Å². The molecule has 0 fully saturated rings. The smallest absolute Gasteiger partial charge is 0.363 e. The van der Waals surface area contributed by atoms with Crippen LogP contribution in [0.4, 0.5) is 5.69 Å². The number of benzene rings is 3. The SMILES string of the molecule is CCOc1cc(/C=C2\N=C(c3ccc([N+](=O)[O-])c(C)c3)OC2=O)cc(Cl)c1OCc1cccc(C)c1. The first-order valence-electron chi connectivity index (χ1n) is 11.2. The van der Waals surface area contributed by atoms with Gasteiger partial charge in [0.1, 0.15) is 6.61 Å². The molecule has 0 saturated carbocycles. The fraction of sp³-hybridized carbons (Fsp3) is 0.185. The molecule has 184 valence electrons. The van der Waals surface area contributed by atoms with Crippen molar-refractivity contribution in [3.8, 4) is 11.5 Å². The maximum atomic E-state index is 12.5. The average molecular weight is 507 g/mol. The average Bonchev–Trinajstić information content (AvgIpc) is 3.18. The molecule has 1 heterocycles. The van der Waals surface area contributed by atoms with Crippen molar-refractivity contribution in [2.24, 2.45) is 4.99 Å². The van der Waals surface area contributed by atoms with Crippen LogP contribution in [-0.4, -0.2) is 23.4 Å². The summed E-state index contributed by atoms with van der Waals surface area (Å²) in [5, 5.41) is 11.4. The van der Waals surface area contributed by atoms with Crippen LogP contribution in [0.3, 0.4) is 0 Å². The number of hydrogen-bond acceptors (Lipinski definition) is 7. The van der Waals surface area contributed by atoms with E-state index in [2.05, 4.69) is 4.99 Å². The van der Waals surface area contributed by atoms with Gasteiger partial charge in [-0.2, -0.15) is 0 Å². The summed E-state index contributed by atoms with van der Waals surface area (Å²) in [4.78, 5) is 27.3. The Hall–Kier alpha value is -4.17. The van der Waals surface area contributed by atoms with Crippen molar-refractivity contribution in [3.05, 3.63) is 103 Å². The first-order valence-corrected chi connectivity index (χ1v) is 11.6. The molecular formula is C27H23ClN2O6. The molecule has 1 aliphatic heterocycles. The largest absolute Gasteiger partial charge is 0.490 e. The van der Waals surface area contributed by atoms with Gasteiger partial charge in [0.2, 0.25) is 5.90 Å².